The second-order valence-corrected chi connectivity index (χ2v) is 8.69. The molecule has 1 N–H and O–H groups in total. The van der Waals surface area contributed by atoms with E-state index in [0.29, 0.717) is 0 Å². The van der Waals surface area contributed by atoms with Gasteiger partial charge in [0, 0.05) is 10.4 Å². The monoisotopic (exact) mass is 392 g/mol. The summed E-state index contributed by atoms with van der Waals surface area (Å²) in [5, 5.41) is 6.82. The first-order valence-corrected chi connectivity index (χ1v) is 9.65. The molecule has 1 aromatic carbocycles. The van der Waals surface area contributed by atoms with Gasteiger partial charge in [0.1, 0.15) is 6.54 Å². The van der Waals surface area contributed by atoms with Crippen LogP contribution in [0, 0.1) is 13.8 Å². The molecule has 0 aliphatic carbocycles. The van der Waals surface area contributed by atoms with E-state index in [0.717, 1.165) is 36.5 Å². The minimum atomic E-state index is 1.03. The van der Waals surface area contributed by atoms with Crippen molar-refractivity contribution in [2.45, 2.75) is 20.4 Å². The maximum atomic E-state index is 4.62. The Labute approximate surface area is 150 Å². The maximum Gasteiger partial charge on any atom is 0.103 e. The molecule has 0 amide bonds. The summed E-state index contributed by atoms with van der Waals surface area (Å²) >= 11 is 5.20. The number of hydrogen-bond donors (Lipinski definition) is 1. The standard InChI is InChI=1S/C18H22BrN3S/c1-14-3-4-16(15(2)11-14)13-21-7-9-22(10-8-21)20-12-17-5-6-18(19)23-17/h3-6,11-12H,7-10,13H2,1-2H3/p+1/b20-12+. The molecule has 0 spiro atoms. The fraction of sp³-hybridized carbons (Fsp3) is 0.389. The summed E-state index contributed by atoms with van der Waals surface area (Å²) in [6.07, 6.45) is 1.98. The zero-order valence-electron chi connectivity index (χ0n) is 13.7. The SMILES string of the molecule is Cc1ccc(C[NH+]2CCN(/N=C/c3ccc(Br)s3)CC2)c(C)c1. The van der Waals surface area contributed by atoms with Crippen LogP contribution in [0.4, 0.5) is 0 Å². The van der Waals surface area contributed by atoms with Crippen LogP contribution in [-0.4, -0.2) is 37.4 Å². The third-order valence-electron chi connectivity index (χ3n) is 4.33. The number of hydrazone groups is 1. The van der Waals surface area contributed by atoms with Crippen LogP contribution in [0.1, 0.15) is 21.6 Å². The maximum absolute atomic E-state index is 4.62. The van der Waals surface area contributed by atoms with Gasteiger partial charge >= 0.3 is 0 Å². The largest absolute Gasteiger partial charge is 0.328 e. The number of quaternary nitrogens is 1. The van der Waals surface area contributed by atoms with Crippen molar-refractivity contribution in [2.24, 2.45) is 5.10 Å². The molecular formula is C18H23BrN3S+. The molecule has 1 saturated heterocycles. The topological polar surface area (TPSA) is 20.0 Å². The molecule has 1 aliphatic heterocycles. The van der Waals surface area contributed by atoms with E-state index in [1.165, 1.54) is 21.6 Å². The van der Waals surface area contributed by atoms with E-state index in [9.17, 15) is 0 Å². The third kappa shape index (κ3) is 4.66. The number of aryl methyl sites for hydroxylation is 2. The number of rotatable bonds is 4. The lowest BCUT2D eigenvalue weighted by Gasteiger charge is -2.30. The Morgan fingerprint density at radius 2 is 2.00 bits per heavy atom. The van der Waals surface area contributed by atoms with Crippen LogP contribution in [0.5, 0.6) is 0 Å². The van der Waals surface area contributed by atoms with Crippen LogP contribution in [0.3, 0.4) is 0 Å². The van der Waals surface area contributed by atoms with E-state index in [1.807, 2.05) is 6.21 Å². The molecule has 0 bridgehead atoms. The van der Waals surface area contributed by atoms with Gasteiger partial charge in [-0.05, 0) is 47.5 Å². The second-order valence-electron chi connectivity index (χ2n) is 6.20. The number of thiophene rings is 1. The minimum absolute atomic E-state index is 1.03. The van der Waals surface area contributed by atoms with Crippen molar-refractivity contribution < 1.29 is 4.90 Å². The molecular weight excluding hydrogens is 370 g/mol. The molecule has 1 aromatic heterocycles. The first-order valence-electron chi connectivity index (χ1n) is 8.04. The number of hydrogen-bond acceptors (Lipinski definition) is 3. The Bertz CT molecular complexity index is 687. The first kappa shape index (κ1) is 16.7. The van der Waals surface area contributed by atoms with Gasteiger partial charge in [-0.2, -0.15) is 5.10 Å². The number of benzene rings is 1. The summed E-state index contributed by atoms with van der Waals surface area (Å²) in [6.45, 7) is 9.87. The summed E-state index contributed by atoms with van der Waals surface area (Å²) in [4.78, 5) is 2.85. The van der Waals surface area contributed by atoms with Crippen LogP contribution in [0.25, 0.3) is 0 Å². The Morgan fingerprint density at radius 1 is 1.22 bits per heavy atom. The Kier molecular flexibility index (Phi) is 5.51. The fourth-order valence-corrected chi connectivity index (χ4v) is 4.24. The highest BCUT2D eigenvalue weighted by Crippen LogP contribution is 2.20. The van der Waals surface area contributed by atoms with Crippen molar-refractivity contribution in [3.05, 3.63) is 55.7 Å². The van der Waals surface area contributed by atoms with Crippen LogP contribution in [0.2, 0.25) is 0 Å². The van der Waals surface area contributed by atoms with Crippen molar-refractivity contribution in [1.82, 2.24) is 5.01 Å². The highest BCUT2D eigenvalue weighted by atomic mass is 79.9. The molecule has 1 aliphatic rings. The van der Waals surface area contributed by atoms with E-state index < -0.39 is 0 Å². The number of piperazine rings is 1. The smallest absolute Gasteiger partial charge is 0.103 e. The Balaban J connectivity index is 1.51. The quantitative estimate of drug-likeness (QED) is 0.792. The molecule has 1 fully saturated rings. The molecule has 3 nitrogen and oxygen atoms in total. The van der Waals surface area contributed by atoms with Gasteiger partial charge in [0.15, 0.2) is 0 Å². The van der Waals surface area contributed by atoms with Gasteiger partial charge in [-0.25, -0.2) is 0 Å². The number of nitrogens with zero attached hydrogens (tertiary/aromatic N) is 2. The Morgan fingerprint density at radius 3 is 2.65 bits per heavy atom. The van der Waals surface area contributed by atoms with Gasteiger partial charge < -0.3 is 4.90 Å². The van der Waals surface area contributed by atoms with Gasteiger partial charge in [0.05, 0.1) is 36.2 Å². The van der Waals surface area contributed by atoms with E-state index in [-0.39, 0.29) is 0 Å². The lowest BCUT2D eigenvalue weighted by atomic mass is 10.1. The van der Waals surface area contributed by atoms with Crippen molar-refractivity contribution in [3.8, 4) is 0 Å². The molecule has 0 unspecified atom stereocenters. The van der Waals surface area contributed by atoms with Gasteiger partial charge in [-0.1, -0.05) is 23.8 Å². The van der Waals surface area contributed by atoms with E-state index >= 15 is 0 Å². The van der Waals surface area contributed by atoms with E-state index in [2.05, 4.69) is 70.2 Å². The minimum Gasteiger partial charge on any atom is -0.328 e. The molecule has 0 radical (unpaired) electrons. The molecule has 2 aromatic rings. The Hall–Kier alpha value is -1.17. The van der Waals surface area contributed by atoms with Gasteiger partial charge in [0.2, 0.25) is 0 Å². The second kappa shape index (κ2) is 7.60. The molecule has 0 atom stereocenters. The lowest BCUT2D eigenvalue weighted by molar-refractivity contribution is -0.918. The van der Waals surface area contributed by atoms with Crippen LogP contribution >= 0.6 is 27.3 Å². The molecule has 5 heteroatoms. The lowest BCUT2D eigenvalue weighted by Crippen LogP contribution is -3.13. The molecule has 122 valence electrons. The predicted octanol–water partition coefficient (Wildman–Crippen LogP) is 2.86. The predicted molar refractivity (Wildman–Crippen MR) is 102 cm³/mol. The summed E-state index contributed by atoms with van der Waals surface area (Å²) in [7, 11) is 0. The van der Waals surface area contributed by atoms with Crippen molar-refractivity contribution in [3.63, 3.8) is 0 Å². The van der Waals surface area contributed by atoms with Crippen molar-refractivity contribution in [1.29, 1.82) is 0 Å². The highest BCUT2D eigenvalue weighted by Gasteiger charge is 2.19. The number of halogens is 1. The average molecular weight is 393 g/mol. The zero-order chi connectivity index (χ0) is 16.2. The summed E-state index contributed by atoms with van der Waals surface area (Å²) < 4.78 is 1.15. The van der Waals surface area contributed by atoms with Gasteiger partial charge in [0.25, 0.3) is 0 Å². The number of nitrogens with one attached hydrogen (secondary N) is 1. The molecule has 0 saturated carbocycles. The zero-order valence-corrected chi connectivity index (χ0v) is 16.1. The van der Waals surface area contributed by atoms with E-state index in [1.54, 1.807) is 16.2 Å². The third-order valence-corrected chi connectivity index (χ3v) is 5.89. The molecule has 3 rings (SSSR count). The van der Waals surface area contributed by atoms with Crippen molar-refractivity contribution >= 4 is 33.5 Å². The first-order chi connectivity index (χ1) is 11.1. The molecule has 23 heavy (non-hydrogen) atoms. The van der Waals surface area contributed by atoms with Crippen molar-refractivity contribution in [2.75, 3.05) is 26.2 Å². The average Bonchev–Trinajstić information content (AvgIpc) is 2.95. The van der Waals surface area contributed by atoms with Crippen LogP contribution in [0.15, 0.2) is 39.2 Å². The van der Waals surface area contributed by atoms with Crippen LogP contribution in [-0.2, 0) is 6.54 Å². The summed E-state index contributed by atoms with van der Waals surface area (Å²) in [5.74, 6) is 0. The van der Waals surface area contributed by atoms with E-state index in [4.69, 9.17) is 0 Å². The van der Waals surface area contributed by atoms with Gasteiger partial charge in [-0.15, -0.1) is 11.3 Å². The van der Waals surface area contributed by atoms with Gasteiger partial charge in [-0.3, -0.25) is 5.01 Å². The fourth-order valence-electron chi connectivity index (χ4n) is 2.95. The summed E-state index contributed by atoms with van der Waals surface area (Å²) in [5.41, 5.74) is 4.24. The molecule has 2 heterocycles. The normalized spacial score (nSPS) is 16.4. The highest BCUT2D eigenvalue weighted by molar-refractivity contribution is 9.11. The summed E-state index contributed by atoms with van der Waals surface area (Å²) in [6, 6.07) is 11.0. The van der Waals surface area contributed by atoms with Crippen LogP contribution < -0.4 is 4.90 Å².